The molecular formula is C23H22N4O4. The molecule has 2 atom stereocenters. The largest absolute Gasteiger partial charge is 0.465 e. The number of hydrogen-bond donors (Lipinski definition) is 2. The van der Waals surface area contributed by atoms with Crippen LogP contribution < -0.4 is 10.6 Å². The topological polar surface area (TPSA) is 102 Å². The zero-order chi connectivity index (χ0) is 22.1. The van der Waals surface area contributed by atoms with Crippen molar-refractivity contribution in [2.45, 2.75) is 18.9 Å². The van der Waals surface area contributed by atoms with Crippen LogP contribution in [0.15, 0.2) is 54.6 Å². The molecule has 2 heterocycles. The lowest BCUT2D eigenvalue weighted by atomic mass is 9.81. The van der Waals surface area contributed by atoms with Crippen LogP contribution in [0.5, 0.6) is 0 Å². The van der Waals surface area contributed by atoms with E-state index in [1.807, 2.05) is 13.0 Å². The summed E-state index contributed by atoms with van der Waals surface area (Å²) in [7, 11) is 3.08. The van der Waals surface area contributed by atoms with E-state index in [0.717, 1.165) is 16.8 Å². The first-order valence-electron chi connectivity index (χ1n) is 9.79. The average molecular weight is 418 g/mol. The number of rotatable bonds is 4. The van der Waals surface area contributed by atoms with E-state index >= 15 is 0 Å². The van der Waals surface area contributed by atoms with Crippen molar-refractivity contribution in [3.63, 3.8) is 0 Å². The SMILES string of the molecule is COC(=O)c1ccc([C@@H]2c3c(C)nn(C)c3NC(=O)[C@H]2NC(=O)c2ccccc2)cc1. The highest BCUT2D eigenvalue weighted by atomic mass is 16.5. The average Bonchev–Trinajstić information content (AvgIpc) is 3.07. The lowest BCUT2D eigenvalue weighted by Gasteiger charge is -2.32. The highest BCUT2D eigenvalue weighted by molar-refractivity contribution is 6.04. The molecule has 2 amide bonds. The maximum atomic E-state index is 13.0. The van der Waals surface area contributed by atoms with Crippen molar-refractivity contribution in [1.82, 2.24) is 15.1 Å². The number of nitrogens with zero attached hydrogens (tertiary/aromatic N) is 2. The number of nitrogens with one attached hydrogen (secondary N) is 2. The maximum Gasteiger partial charge on any atom is 0.337 e. The summed E-state index contributed by atoms with van der Waals surface area (Å²) >= 11 is 0. The van der Waals surface area contributed by atoms with Gasteiger partial charge in [-0.1, -0.05) is 30.3 Å². The molecule has 0 saturated heterocycles. The van der Waals surface area contributed by atoms with E-state index < -0.39 is 17.9 Å². The molecule has 31 heavy (non-hydrogen) atoms. The molecule has 0 unspecified atom stereocenters. The molecule has 0 spiro atoms. The Kier molecular flexibility index (Phi) is 5.29. The molecular weight excluding hydrogens is 396 g/mol. The number of methoxy groups -OCH3 is 1. The minimum atomic E-state index is -0.855. The third kappa shape index (κ3) is 3.68. The van der Waals surface area contributed by atoms with Crippen LogP contribution in [-0.2, 0) is 16.6 Å². The Labute approximate surface area is 179 Å². The molecule has 0 bridgehead atoms. The number of aryl methyl sites for hydroxylation is 2. The van der Waals surface area contributed by atoms with Gasteiger partial charge in [-0.2, -0.15) is 5.10 Å². The van der Waals surface area contributed by atoms with E-state index in [1.54, 1.807) is 60.3 Å². The fourth-order valence-corrected chi connectivity index (χ4v) is 3.97. The van der Waals surface area contributed by atoms with Gasteiger partial charge in [0.25, 0.3) is 5.91 Å². The van der Waals surface area contributed by atoms with E-state index in [-0.39, 0.29) is 11.8 Å². The van der Waals surface area contributed by atoms with Gasteiger partial charge < -0.3 is 15.4 Å². The van der Waals surface area contributed by atoms with E-state index in [1.165, 1.54) is 7.11 Å². The van der Waals surface area contributed by atoms with E-state index in [9.17, 15) is 14.4 Å². The second-order valence-corrected chi connectivity index (χ2v) is 7.37. The predicted molar refractivity (Wildman–Crippen MR) is 114 cm³/mol. The van der Waals surface area contributed by atoms with Gasteiger partial charge in [-0.3, -0.25) is 14.3 Å². The van der Waals surface area contributed by atoms with Crippen molar-refractivity contribution >= 4 is 23.6 Å². The molecule has 0 radical (unpaired) electrons. The molecule has 0 saturated carbocycles. The Morgan fingerprint density at radius 3 is 2.39 bits per heavy atom. The quantitative estimate of drug-likeness (QED) is 0.634. The molecule has 0 aliphatic carbocycles. The van der Waals surface area contributed by atoms with Gasteiger partial charge >= 0.3 is 5.97 Å². The molecule has 1 aliphatic rings. The lowest BCUT2D eigenvalue weighted by Crippen LogP contribution is -2.50. The number of esters is 1. The third-order valence-corrected chi connectivity index (χ3v) is 5.45. The molecule has 3 aromatic rings. The third-order valence-electron chi connectivity index (χ3n) is 5.45. The van der Waals surface area contributed by atoms with Gasteiger partial charge in [0, 0.05) is 24.1 Å². The summed E-state index contributed by atoms with van der Waals surface area (Å²) in [5.41, 5.74) is 3.21. The first kappa shape index (κ1) is 20.3. The van der Waals surface area contributed by atoms with Crippen molar-refractivity contribution < 1.29 is 19.1 Å². The number of hydrogen-bond acceptors (Lipinski definition) is 5. The van der Waals surface area contributed by atoms with Crippen LogP contribution in [0, 0.1) is 6.92 Å². The zero-order valence-corrected chi connectivity index (χ0v) is 17.4. The van der Waals surface area contributed by atoms with E-state index in [2.05, 4.69) is 15.7 Å². The molecule has 4 rings (SSSR count). The van der Waals surface area contributed by atoms with Gasteiger partial charge in [0.1, 0.15) is 11.9 Å². The highest BCUT2D eigenvalue weighted by Gasteiger charge is 2.41. The summed E-state index contributed by atoms with van der Waals surface area (Å²) in [6.45, 7) is 1.86. The Balaban J connectivity index is 1.77. The number of aromatic nitrogens is 2. The summed E-state index contributed by atoms with van der Waals surface area (Å²) in [5, 5.41) is 10.2. The number of benzene rings is 2. The second kappa shape index (κ2) is 8.06. The summed E-state index contributed by atoms with van der Waals surface area (Å²) in [5.74, 6) is -1.00. The summed E-state index contributed by atoms with van der Waals surface area (Å²) in [6.07, 6.45) is 0. The molecule has 2 N–H and O–H groups in total. The number of ether oxygens (including phenoxy) is 1. The van der Waals surface area contributed by atoms with Crippen LogP contribution in [0.25, 0.3) is 0 Å². The Bertz CT molecular complexity index is 1150. The smallest absolute Gasteiger partial charge is 0.337 e. The van der Waals surface area contributed by atoms with Crippen LogP contribution in [-0.4, -0.2) is 40.7 Å². The van der Waals surface area contributed by atoms with Crippen molar-refractivity contribution in [2.24, 2.45) is 7.05 Å². The minimum absolute atomic E-state index is 0.332. The van der Waals surface area contributed by atoms with Gasteiger partial charge in [-0.25, -0.2) is 4.79 Å². The normalized spacial score (nSPS) is 17.5. The van der Waals surface area contributed by atoms with Crippen LogP contribution in [0.1, 0.15) is 43.5 Å². The number of carbonyl (C=O) groups excluding carboxylic acids is 3. The molecule has 8 nitrogen and oxygen atoms in total. The predicted octanol–water partition coefficient (Wildman–Crippen LogP) is 2.40. The van der Waals surface area contributed by atoms with Gasteiger partial charge in [0.2, 0.25) is 5.91 Å². The highest BCUT2D eigenvalue weighted by Crippen LogP contribution is 2.39. The fraction of sp³-hybridized carbons (Fsp3) is 0.217. The lowest BCUT2D eigenvalue weighted by molar-refractivity contribution is -0.118. The minimum Gasteiger partial charge on any atom is -0.465 e. The molecule has 158 valence electrons. The van der Waals surface area contributed by atoms with Crippen molar-refractivity contribution in [2.75, 3.05) is 12.4 Å². The van der Waals surface area contributed by atoms with Gasteiger partial charge in [-0.15, -0.1) is 0 Å². The summed E-state index contributed by atoms with van der Waals surface area (Å²) in [4.78, 5) is 37.7. The number of fused-ring (bicyclic) bond motifs is 1. The molecule has 2 aromatic carbocycles. The van der Waals surface area contributed by atoms with Crippen molar-refractivity contribution in [3.05, 3.63) is 82.5 Å². The molecule has 1 aliphatic heterocycles. The van der Waals surface area contributed by atoms with Crippen molar-refractivity contribution in [3.8, 4) is 0 Å². The molecule has 0 fully saturated rings. The van der Waals surface area contributed by atoms with Gasteiger partial charge in [-0.05, 0) is 36.8 Å². The Hall–Kier alpha value is -3.94. The number of carbonyl (C=O) groups is 3. The molecule has 1 aromatic heterocycles. The van der Waals surface area contributed by atoms with Crippen molar-refractivity contribution in [1.29, 1.82) is 0 Å². The maximum absolute atomic E-state index is 13.0. The fourth-order valence-electron chi connectivity index (χ4n) is 3.97. The first-order chi connectivity index (χ1) is 14.9. The Morgan fingerprint density at radius 1 is 1.06 bits per heavy atom. The summed E-state index contributed by atoms with van der Waals surface area (Å²) in [6, 6.07) is 14.7. The first-order valence-corrected chi connectivity index (χ1v) is 9.79. The molecule has 8 heteroatoms. The number of anilines is 1. The van der Waals surface area contributed by atoms with E-state index in [4.69, 9.17) is 4.74 Å². The summed E-state index contributed by atoms with van der Waals surface area (Å²) < 4.78 is 6.39. The van der Waals surface area contributed by atoms with Crippen LogP contribution in [0.3, 0.4) is 0 Å². The zero-order valence-electron chi connectivity index (χ0n) is 17.4. The van der Waals surface area contributed by atoms with Gasteiger partial charge in [0.15, 0.2) is 0 Å². The standard InChI is InChI=1S/C23H22N4O4/c1-13-17-18(14-9-11-16(12-10-14)23(30)31-3)19(22(29)25-20(17)27(2)26-13)24-21(28)15-7-5-4-6-8-15/h4-12,18-19H,1-3H3,(H,24,28)(H,25,29)/t18-,19+/m1/s1. The van der Waals surface area contributed by atoms with Crippen LogP contribution >= 0.6 is 0 Å². The Morgan fingerprint density at radius 2 is 1.74 bits per heavy atom. The van der Waals surface area contributed by atoms with Gasteiger partial charge in [0.05, 0.1) is 18.4 Å². The monoisotopic (exact) mass is 418 g/mol. The second-order valence-electron chi connectivity index (χ2n) is 7.37. The van der Waals surface area contributed by atoms with E-state index in [0.29, 0.717) is 16.9 Å². The van der Waals surface area contributed by atoms with Crippen LogP contribution in [0.4, 0.5) is 5.82 Å². The number of amides is 2. The van der Waals surface area contributed by atoms with Crippen LogP contribution in [0.2, 0.25) is 0 Å².